The predicted molar refractivity (Wildman–Crippen MR) is 62.6 cm³/mol. The van der Waals surface area contributed by atoms with Crippen LogP contribution in [0.1, 0.15) is 46.5 Å². The van der Waals surface area contributed by atoms with Crippen LogP contribution in [0.25, 0.3) is 0 Å². The summed E-state index contributed by atoms with van der Waals surface area (Å²) in [6, 6.07) is 1.44. The molecule has 0 aromatic carbocycles. The van der Waals surface area contributed by atoms with Crippen molar-refractivity contribution in [1.29, 1.82) is 0 Å². The summed E-state index contributed by atoms with van der Waals surface area (Å²) in [5, 5.41) is 7.17. The van der Waals surface area contributed by atoms with Gasteiger partial charge in [0.25, 0.3) is 0 Å². The zero-order valence-electron chi connectivity index (χ0n) is 9.97. The van der Waals surface area contributed by atoms with Crippen molar-refractivity contribution in [1.82, 2.24) is 10.6 Å². The Kier molecular flexibility index (Phi) is 5.49. The van der Waals surface area contributed by atoms with Gasteiger partial charge in [-0.3, -0.25) is 0 Å². The van der Waals surface area contributed by atoms with Crippen molar-refractivity contribution >= 4 is 0 Å². The molecule has 2 heteroatoms. The van der Waals surface area contributed by atoms with Crippen molar-refractivity contribution in [3.8, 4) is 0 Å². The fourth-order valence-corrected chi connectivity index (χ4v) is 2.01. The van der Waals surface area contributed by atoms with Gasteiger partial charge in [0, 0.05) is 12.1 Å². The van der Waals surface area contributed by atoms with Crippen LogP contribution in [0.3, 0.4) is 0 Å². The molecule has 0 spiro atoms. The van der Waals surface area contributed by atoms with Gasteiger partial charge in [0.05, 0.1) is 0 Å². The molecule has 1 aliphatic heterocycles. The summed E-state index contributed by atoms with van der Waals surface area (Å²) < 4.78 is 0. The molecule has 0 aromatic heterocycles. The van der Waals surface area contributed by atoms with Crippen LogP contribution in [0.5, 0.6) is 0 Å². The van der Waals surface area contributed by atoms with Gasteiger partial charge in [-0.05, 0) is 45.2 Å². The summed E-state index contributed by atoms with van der Waals surface area (Å²) in [7, 11) is 0. The molecule has 0 saturated carbocycles. The molecule has 0 aromatic rings. The monoisotopic (exact) mass is 198 g/mol. The van der Waals surface area contributed by atoms with Crippen LogP contribution in [-0.4, -0.2) is 25.2 Å². The summed E-state index contributed by atoms with van der Waals surface area (Å²) in [4.78, 5) is 0. The van der Waals surface area contributed by atoms with Gasteiger partial charge < -0.3 is 10.6 Å². The topological polar surface area (TPSA) is 24.1 Å². The number of rotatable bonds is 6. The third kappa shape index (κ3) is 4.43. The van der Waals surface area contributed by atoms with Gasteiger partial charge in [0.2, 0.25) is 0 Å². The number of hydrogen-bond acceptors (Lipinski definition) is 2. The lowest BCUT2D eigenvalue weighted by molar-refractivity contribution is 0.403. The molecule has 0 radical (unpaired) electrons. The number of nitrogens with one attached hydrogen (secondary N) is 2. The summed E-state index contributed by atoms with van der Waals surface area (Å²) >= 11 is 0. The van der Waals surface area contributed by atoms with E-state index in [1.165, 1.54) is 38.8 Å². The van der Waals surface area contributed by atoms with Gasteiger partial charge in [-0.15, -0.1) is 0 Å². The van der Waals surface area contributed by atoms with E-state index in [0.29, 0.717) is 6.04 Å². The summed E-state index contributed by atoms with van der Waals surface area (Å²) in [5.74, 6) is 0.814. The molecule has 2 nitrogen and oxygen atoms in total. The lowest BCUT2D eigenvalue weighted by Crippen LogP contribution is -2.35. The first kappa shape index (κ1) is 12.0. The van der Waals surface area contributed by atoms with Crippen LogP contribution in [0.4, 0.5) is 0 Å². The highest BCUT2D eigenvalue weighted by atomic mass is 15.0. The minimum Gasteiger partial charge on any atom is -0.314 e. The second-order valence-corrected chi connectivity index (χ2v) is 4.85. The van der Waals surface area contributed by atoms with E-state index in [1.54, 1.807) is 0 Å². The molecule has 1 aliphatic rings. The first-order valence-corrected chi connectivity index (χ1v) is 6.19. The molecular formula is C12H26N2. The second kappa shape index (κ2) is 6.41. The van der Waals surface area contributed by atoms with Crippen molar-refractivity contribution in [2.75, 3.05) is 13.1 Å². The third-order valence-corrected chi connectivity index (χ3v) is 3.31. The van der Waals surface area contributed by atoms with Gasteiger partial charge in [-0.2, -0.15) is 0 Å². The van der Waals surface area contributed by atoms with Gasteiger partial charge in [0.15, 0.2) is 0 Å². The molecule has 1 fully saturated rings. The molecule has 3 atom stereocenters. The maximum Gasteiger partial charge on any atom is 0.00822 e. The predicted octanol–water partition coefficient (Wildman–Crippen LogP) is 2.15. The van der Waals surface area contributed by atoms with E-state index < -0.39 is 0 Å². The van der Waals surface area contributed by atoms with E-state index in [0.717, 1.165) is 12.0 Å². The van der Waals surface area contributed by atoms with Gasteiger partial charge >= 0.3 is 0 Å². The average molecular weight is 198 g/mol. The van der Waals surface area contributed by atoms with Crippen LogP contribution in [0, 0.1) is 5.92 Å². The lowest BCUT2D eigenvalue weighted by Gasteiger charge is -2.20. The molecule has 0 amide bonds. The van der Waals surface area contributed by atoms with Gasteiger partial charge in [-0.1, -0.05) is 20.3 Å². The Morgan fingerprint density at radius 2 is 2.21 bits per heavy atom. The fraction of sp³-hybridized carbons (Fsp3) is 1.00. The van der Waals surface area contributed by atoms with Crippen LogP contribution >= 0.6 is 0 Å². The molecule has 84 valence electrons. The molecule has 1 saturated heterocycles. The average Bonchev–Trinajstić information content (AvgIpc) is 2.66. The SMILES string of the molecule is CCC(C)CNC(C)CC1CCCN1. The Hall–Kier alpha value is -0.0800. The van der Waals surface area contributed by atoms with E-state index >= 15 is 0 Å². The Morgan fingerprint density at radius 3 is 2.79 bits per heavy atom. The molecule has 3 unspecified atom stereocenters. The normalized spacial score (nSPS) is 26.4. The van der Waals surface area contributed by atoms with E-state index in [9.17, 15) is 0 Å². The fourth-order valence-electron chi connectivity index (χ4n) is 2.01. The smallest absolute Gasteiger partial charge is 0.00822 e. The third-order valence-electron chi connectivity index (χ3n) is 3.31. The summed E-state index contributed by atoms with van der Waals surface area (Å²) in [6.07, 6.45) is 5.30. The van der Waals surface area contributed by atoms with Gasteiger partial charge in [0.1, 0.15) is 0 Å². The Bertz CT molecular complexity index is 141. The van der Waals surface area contributed by atoms with Crippen molar-refractivity contribution < 1.29 is 0 Å². The molecular weight excluding hydrogens is 172 g/mol. The van der Waals surface area contributed by atoms with Crippen molar-refractivity contribution in [2.24, 2.45) is 5.92 Å². The van der Waals surface area contributed by atoms with Crippen LogP contribution in [0.15, 0.2) is 0 Å². The molecule has 1 heterocycles. The van der Waals surface area contributed by atoms with Crippen molar-refractivity contribution in [3.63, 3.8) is 0 Å². The van der Waals surface area contributed by atoms with E-state index in [4.69, 9.17) is 0 Å². The van der Waals surface area contributed by atoms with Crippen LogP contribution in [0.2, 0.25) is 0 Å². The zero-order valence-corrected chi connectivity index (χ0v) is 9.97. The molecule has 1 rings (SSSR count). The van der Waals surface area contributed by atoms with Crippen LogP contribution < -0.4 is 10.6 Å². The highest BCUT2D eigenvalue weighted by Crippen LogP contribution is 2.11. The van der Waals surface area contributed by atoms with E-state index in [1.807, 2.05) is 0 Å². The molecule has 0 bridgehead atoms. The standard InChI is InChI=1S/C12H26N2/c1-4-10(2)9-14-11(3)8-12-6-5-7-13-12/h10-14H,4-9H2,1-3H3. The Balaban J connectivity index is 2.05. The molecule has 2 N–H and O–H groups in total. The minimum absolute atomic E-state index is 0.666. The minimum atomic E-state index is 0.666. The zero-order chi connectivity index (χ0) is 10.4. The quantitative estimate of drug-likeness (QED) is 0.683. The van der Waals surface area contributed by atoms with E-state index in [-0.39, 0.29) is 0 Å². The van der Waals surface area contributed by atoms with E-state index in [2.05, 4.69) is 31.4 Å². The maximum atomic E-state index is 3.62. The maximum absolute atomic E-state index is 3.62. The van der Waals surface area contributed by atoms with Gasteiger partial charge in [-0.25, -0.2) is 0 Å². The highest BCUT2D eigenvalue weighted by Gasteiger charge is 2.16. The summed E-state index contributed by atoms with van der Waals surface area (Å²) in [6.45, 7) is 9.28. The van der Waals surface area contributed by atoms with Crippen molar-refractivity contribution in [3.05, 3.63) is 0 Å². The first-order chi connectivity index (χ1) is 6.72. The van der Waals surface area contributed by atoms with Crippen LogP contribution in [-0.2, 0) is 0 Å². The largest absolute Gasteiger partial charge is 0.314 e. The lowest BCUT2D eigenvalue weighted by atomic mass is 10.1. The highest BCUT2D eigenvalue weighted by molar-refractivity contribution is 4.78. The Labute approximate surface area is 88.8 Å². The molecule has 0 aliphatic carbocycles. The summed E-state index contributed by atoms with van der Waals surface area (Å²) in [5.41, 5.74) is 0. The number of hydrogen-bond donors (Lipinski definition) is 2. The Morgan fingerprint density at radius 1 is 1.43 bits per heavy atom. The molecule has 14 heavy (non-hydrogen) atoms. The second-order valence-electron chi connectivity index (χ2n) is 4.85. The first-order valence-electron chi connectivity index (χ1n) is 6.19. The van der Waals surface area contributed by atoms with Crippen molar-refractivity contribution in [2.45, 2.75) is 58.5 Å².